The first-order valence-corrected chi connectivity index (χ1v) is 13.7. The molecule has 3 N–H and O–H groups in total. The molecule has 0 spiro atoms. The summed E-state index contributed by atoms with van der Waals surface area (Å²) in [6.07, 6.45) is 1.52. The normalized spacial score (nSPS) is 14.4. The fourth-order valence-electron chi connectivity index (χ4n) is 5.76. The second-order valence-corrected chi connectivity index (χ2v) is 10.9. The molecule has 0 radical (unpaired) electrons. The topological polar surface area (TPSA) is 76.2 Å². The van der Waals surface area contributed by atoms with Gasteiger partial charge in [0.05, 0.1) is 28.3 Å². The number of nitrogens with one attached hydrogen (secondary N) is 1. The van der Waals surface area contributed by atoms with Crippen LogP contribution >= 0.6 is 0 Å². The number of benzene rings is 3. The van der Waals surface area contributed by atoms with E-state index in [2.05, 4.69) is 69.1 Å². The van der Waals surface area contributed by atoms with Gasteiger partial charge in [-0.15, -0.1) is 0 Å². The molecular formula is C32H35F2N5O. The summed E-state index contributed by atoms with van der Waals surface area (Å²) in [4.78, 5) is 13.7. The van der Waals surface area contributed by atoms with Gasteiger partial charge in [-0.3, -0.25) is 4.90 Å². The molecule has 0 saturated carbocycles. The van der Waals surface area contributed by atoms with Crippen molar-refractivity contribution in [2.45, 2.75) is 66.1 Å². The fourth-order valence-corrected chi connectivity index (χ4v) is 5.76. The predicted molar refractivity (Wildman–Crippen MR) is 154 cm³/mol. The molecular weight excluding hydrogens is 508 g/mol. The van der Waals surface area contributed by atoms with E-state index in [9.17, 15) is 4.79 Å². The summed E-state index contributed by atoms with van der Waals surface area (Å²) < 4.78 is 32.9. The number of urea groups is 1. The van der Waals surface area contributed by atoms with Crippen molar-refractivity contribution in [2.24, 2.45) is 5.73 Å². The van der Waals surface area contributed by atoms with E-state index in [1.807, 2.05) is 22.9 Å². The molecule has 0 atom stereocenters. The van der Waals surface area contributed by atoms with Gasteiger partial charge in [0.2, 0.25) is 0 Å². The third-order valence-electron chi connectivity index (χ3n) is 8.07. The molecule has 0 fully saturated rings. The molecule has 6 nitrogen and oxygen atoms in total. The molecule has 2 heterocycles. The van der Waals surface area contributed by atoms with Crippen molar-refractivity contribution in [1.29, 1.82) is 0 Å². The van der Waals surface area contributed by atoms with Crippen LogP contribution in [0.5, 0.6) is 0 Å². The average molecular weight is 544 g/mol. The molecule has 1 aliphatic rings. The zero-order valence-electron chi connectivity index (χ0n) is 23.6. The first-order chi connectivity index (χ1) is 19.1. The van der Waals surface area contributed by atoms with Gasteiger partial charge in [0.25, 0.3) is 0 Å². The largest absolute Gasteiger partial charge is 0.351 e. The summed E-state index contributed by atoms with van der Waals surface area (Å²) >= 11 is 0. The molecule has 40 heavy (non-hydrogen) atoms. The lowest BCUT2D eigenvalue weighted by Gasteiger charge is -2.32. The highest BCUT2D eigenvalue weighted by atomic mass is 19.1. The zero-order valence-corrected chi connectivity index (χ0v) is 23.6. The average Bonchev–Trinajstić information content (AvgIpc) is 3.40. The number of hydrogen-bond acceptors (Lipinski definition) is 3. The Morgan fingerprint density at radius 1 is 1.00 bits per heavy atom. The minimum Gasteiger partial charge on any atom is -0.351 e. The van der Waals surface area contributed by atoms with Crippen LogP contribution in [0.2, 0.25) is 0 Å². The lowest BCUT2D eigenvalue weighted by molar-refractivity contribution is 0.123. The summed E-state index contributed by atoms with van der Waals surface area (Å²) in [5.74, 6) is -1.44. The number of carbonyl (C=O) groups excluding carboxylic acids is 1. The molecule has 0 unspecified atom stereocenters. The number of nitrogens with two attached hydrogens (primary N) is 1. The van der Waals surface area contributed by atoms with Gasteiger partial charge in [-0.05, 0) is 61.9 Å². The first-order valence-electron chi connectivity index (χ1n) is 13.7. The van der Waals surface area contributed by atoms with Crippen LogP contribution in [0.15, 0.2) is 54.6 Å². The van der Waals surface area contributed by atoms with Crippen LogP contribution in [-0.2, 0) is 31.5 Å². The van der Waals surface area contributed by atoms with Gasteiger partial charge in [0.1, 0.15) is 11.6 Å². The van der Waals surface area contributed by atoms with Gasteiger partial charge < -0.3 is 11.1 Å². The van der Waals surface area contributed by atoms with Gasteiger partial charge in [-0.25, -0.2) is 18.3 Å². The van der Waals surface area contributed by atoms with Crippen molar-refractivity contribution in [1.82, 2.24) is 14.7 Å². The number of hydrogen-bond donors (Lipinski definition) is 2. The van der Waals surface area contributed by atoms with Crippen molar-refractivity contribution >= 4 is 11.7 Å². The van der Waals surface area contributed by atoms with Gasteiger partial charge in [-0.2, -0.15) is 5.10 Å². The van der Waals surface area contributed by atoms with Crippen molar-refractivity contribution in [3.05, 3.63) is 99.7 Å². The van der Waals surface area contributed by atoms with Crippen molar-refractivity contribution in [3.63, 3.8) is 0 Å². The fraction of sp³-hybridized carbons (Fsp3) is 0.312. The summed E-state index contributed by atoms with van der Waals surface area (Å²) in [6.45, 7) is 11.7. The maximum absolute atomic E-state index is 15.8. The van der Waals surface area contributed by atoms with Crippen LogP contribution in [0, 0.1) is 18.6 Å². The third-order valence-corrected chi connectivity index (χ3v) is 8.07. The highest BCUT2D eigenvalue weighted by molar-refractivity contribution is 5.88. The monoisotopic (exact) mass is 543 g/mol. The van der Waals surface area contributed by atoms with Gasteiger partial charge in [0.15, 0.2) is 0 Å². The number of halogens is 2. The molecule has 8 heteroatoms. The Morgan fingerprint density at radius 3 is 2.27 bits per heavy atom. The number of para-hydroxylation sites is 1. The van der Waals surface area contributed by atoms with E-state index in [0.717, 1.165) is 53.0 Å². The molecule has 0 saturated heterocycles. The minimum absolute atomic E-state index is 0.0859. The van der Waals surface area contributed by atoms with Crippen molar-refractivity contribution in [3.8, 4) is 16.9 Å². The third kappa shape index (κ3) is 4.66. The van der Waals surface area contributed by atoms with E-state index in [0.29, 0.717) is 18.8 Å². The molecule has 208 valence electrons. The zero-order chi connectivity index (χ0) is 28.8. The molecule has 1 aliphatic heterocycles. The number of anilines is 1. The van der Waals surface area contributed by atoms with Gasteiger partial charge >= 0.3 is 6.03 Å². The molecule has 0 bridgehead atoms. The summed E-state index contributed by atoms with van der Waals surface area (Å²) in [7, 11) is 0. The Kier molecular flexibility index (Phi) is 7.23. The van der Waals surface area contributed by atoms with Crippen LogP contribution in [0.4, 0.5) is 19.3 Å². The number of aryl methyl sites for hydroxylation is 3. The number of rotatable bonds is 7. The van der Waals surface area contributed by atoms with E-state index >= 15 is 8.78 Å². The Hall–Kier alpha value is -4.04. The first kappa shape index (κ1) is 27.5. The van der Waals surface area contributed by atoms with E-state index in [1.54, 1.807) is 0 Å². The maximum atomic E-state index is 15.8. The molecule has 4 aromatic rings. The Balaban J connectivity index is 1.74. The predicted octanol–water partition coefficient (Wildman–Crippen LogP) is 6.99. The number of nitrogens with zero attached hydrogens (tertiary/aromatic N) is 3. The highest BCUT2D eigenvalue weighted by Crippen LogP contribution is 2.46. The van der Waals surface area contributed by atoms with Crippen LogP contribution in [0.1, 0.15) is 61.2 Å². The summed E-state index contributed by atoms with van der Waals surface area (Å²) in [6, 6.07) is 15.5. The Labute approximate surface area is 233 Å². The van der Waals surface area contributed by atoms with E-state index in [1.165, 1.54) is 11.1 Å². The SMILES string of the molecule is CCc1cccc(CC)c1-n1nc2c(c1-c1cc(F)c(NC(N)=O)cc1F)CN(Cc1ccccc1C)C2(C)C. The lowest BCUT2D eigenvalue weighted by atomic mass is 9.97. The van der Waals surface area contributed by atoms with E-state index in [4.69, 9.17) is 10.8 Å². The maximum Gasteiger partial charge on any atom is 0.316 e. The van der Waals surface area contributed by atoms with Crippen molar-refractivity contribution < 1.29 is 13.6 Å². The van der Waals surface area contributed by atoms with Crippen LogP contribution in [0.3, 0.4) is 0 Å². The molecule has 3 aromatic carbocycles. The summed E-state index contributed by atoms with van der Waals surface area (Å²) in [5, 5.41) is 7.33. The quantitative estimate of drug-likeness (QED) is 0.264. The molecule has 2 amide bonds. The smallest absolute Gasteiger partial charge is 0.316 e. The van der Waals surface area contributed by atoms with Gasteiger partial charge in [0, 0.05) is 30.3 Å². The number of aromatic nitrogens is 2. The number of primary amides is 1. The van der Waals surface area contributed by atoms with Crippen molar-refractivity contribution in [2.75, 3.05) is 5.32 Å². The molecule has 5 rings (SSSR count). The standard InChI is InChI=1S/C32H35F2N5O/c1-6-20-13-10-14-21(7-2)28(20)39-29(23-15-26(34)27(16-25(23)33)36-31(35)40)24-18-38(32(4,5)30(24)37-39)17-22-12-9-8-11-19(22)3/h8-16H,6-7,17-18H2,1-5H3,(H3,35,36,40). The highest BCUT2D eigenvalue weighted by Gasteiger charge is 2.43. The second kappa shape index (κ2) is 10.5. The minimum atomic E-state index is -0.963. The number of carbonyl (C=O) groups is 1. The number of amides is 2. The molecule has 1 aromatic heterocycles. The Morgan fingerprint density at radius 2 is 1.65 bits per heavy atom. The van der Waals surface area contributed by atoms with E-state index in [-0.39, 0.29) is 11.3 Å². The second-order valence-electron chi connectivity index (χ2n) is 10.9. The van der Waals surface area contributed by atoms with Crippen LogP contribution < -0.4 is 11.1 Å². The Bertz CT molecular complexity index is 1590. The van der Waals surface area contributed by atoms with Crippen LogP contribution in [-0.4, -0.2) is 20.7 Å². The lowest BCUT2D eigenvalue weighted by Crippen LogP contribution is -2.36. The molecule has 0 aliphatic carbocycles. The van der Waals surface area contributed by atoms with Gasteiger partial charge in [-0.1, -0.05) is 56.3 Å². The summed E-state index contributed by atoms with van der Waals surface area (Å²) in [5.41, 5.74) is 12.2. The number of fused-ring (bicyclic) bond motifs is 1. The van der Waals surface area contributed by atoms with Crippen LogP contribution in [0.25, 0.3) is 16.9 Å². The van der Waals surface area contributed by atoms with E-state index < -0.39 is 23.2 Å².